The number of aliphatic hydroxyl groups excluding tert-OH is 1. The molecule has 0 fully saturated rings. The third-order valence-corrected chi connectivity index (χ3v) is 7.04. The molecule has 0 bridgehead atoms. The summed E-state index contributed by atoms with van der Waals surface area (Å²) in [6, 6.07) is 22.6. The van der Waals surface area contributed by atoms with E-state index in [-0.39, 0.29) is 25.5 Å². The molecule has 214 valence electrons. The van der Waals surface area contributed by atoms with Crippen LogP contribution in [0.3, 0.4) is 0 Å². The number of nitrogens with zero attached hydrogens (tertiary/aromatic N) is 4. The van der Waals surface area contributed by atoms with Crippen LogP contribution in [0.5, 0.6) is 11.5 Å². The van der Waals surface area contributed by atoms with E-state index < -0.39 is 11.6 Å². The molecule has 0 radical (unpaired) electrons. The number of rotatable bonds is 14. The van der Waals surface area contributed by atoms with Crippen molar-refractivity contribution >= 4 is 11.8 Å². The summed E-state index contributed by atoms with van der Waals surface area (Å²) in [5, 5.41) is 15.8. The standard InChI is InChI=1S/C31H35N5O5/c1-22-31(20-25-8-3-4-9-26(25)21-34-36-32,30(38)33-16-15-23-7-5-10-28(19-23)39-2)35-29(41-22)24-11-13-27(14-12-24)40-18-6-17-37/h3-5,7-14,19,22,37H,6,15-18,20-21H2,1-2H3,(H,33,38)/t22-,31-/m1/s1. The number of ether oxygens (including phenoxy) is 3. The summed E-state index contributed by atoms with van der Waals surface area (Å²) in [7, 11) is 1.62. The predicted octanol–water partition coefficient (Wildman–Crippen LogP) is 4.77. The van der Waals surface area contributed by atoms with Crippen molar-refractivity contribution in [2.24, 2.45) is 10.1 Å². The first-order valence-electron chi connectivity index (χ1n) is 13.6. The van der Waals surface area contributed by atoms with Crippen LogP contribution in [0.4, 0.5) is 0 Å². The second-order valence-electron chi connectivity index (χ2n) is 9.74. The van der Waals surface area contributed by atoms with Crippen LogP contribution >= 0.6 is 0 Å². The lowest BCUT2D eigenvalue weighted by molar-refractivity contribution is -0.128. The van der Waals surface area contributed by atoms with Crippen LogP contribution in [0, 0.1) is 0 Å². The maximum Gasteiger partial charge on any atom is 0.252 e. The Bertz CT molecular complexity index is 1400. The lowest BCUT2D eigenvalue weighted by atomic mass is 9.84. The van der Waals surface area contributed by atoms with Crippen molar-refractivity contribution in [1.29, 1.82) is 0 Å². The average Bonchev–Trinajstić information content (AvgIpc) is 3.33. The summed E-state index contributed by atoms with van der Waals surface area (Å²) in [4.78, 5) is 21.8. The quantitative estimate of drug-likeness (QED) is 0.127. The Balaban J connectivity index is 1.60. The Hall–Kier alpha value is -4.53. The SMILES string of the molecule is COc1cccc(CCNC(=O)[C@]2(Cc3ccccc3CN=[N+]=[N-])N=C(c3ccc(OCCCO)cc3)O[C@@H]2C)c1. The summed E-state index contributed by atoms with van der Waals surface area (Å²) in [5.41, 5.74) is 11.1. The Morgan fingerprint density at radius 1 is 1.12 bits per heavy atom. The van der Waals surface area contributed by atoms with Crippen molar-refractivity contribution in [1.82, 2.24) is 5.32 Å². The second-order valence-corrected chi connectivity index (χ2v) is 9.74. The number of carbonyl (C=O) groups is 1. The van der Waals surface area contributed by atoms with Crippen molar-refractivity contribution in [3.05, 3.63) is 105 Å². The fourth-order valence-corrected chi connectivity index (χ4v) is 4.73. The van der Waals surface area contributed by atoms with E-state index in [1.807, 2.05) is 79.7 Å². The van der Waals surface area contributed by atoms with Crippen molar-refractivity contribution in [3.63, 3.8) is 0 Å². The summed E-state index contributed by atoms with van der Waals surface area (Å²) in [6.45, 7) is 2.91. The third-order valence-electron chi connectivity index (χ3n) is 7.04. The Morgan fingerprint density at radius 3 is 2.63 bits per heavy atom. The molecule has 10 heteroatoms. The normalized spacial score (nSPS) is 17.6. The molecular weight excluding hydrogens is 522 g/mol. The highest BCUT2D eigenvalue weighted by molar-refractivity contribution is 6.01. The van der Waals surface area contributed by atoms with Crippen molar-refractivity contribution < 1.29 is 24.1 Å². The first-order chi connectivity index (χ1) is 20.0. The molecule has 0 saturated heterocycles. The molecule has 0 unspecified atom stereocenters. The third kappa shape index (κ3) is 7.36. The second kappa shape index (κ2) is 14.2. The van der Waals surface area contributed by atoms with E-state index >= 15 is 0 Å². The molecule has 3 aromatic carbocycles. The maximum atomic E-state index is 14.0. The number of aliphatic imine (C=N–C) groups is 1. The zero-order chi connectivity index (χ0) is 29.1. The highest BCUT2D eigenvalue weighted by Crippen LogP contribution is 2.34. The summed E-state index contributed by atoms with van der Waals surface area (Å²) < 4.78 is 17.2. The molecular formula is C31H35N5O5. The molecule has 3 aromatic rings. The molecule has 1 heterocycles. The molecule has 2 N–H and O–H groups in total. The van der Waals surface area contributed by atoms with Gasteiger partial charge in [0.15, 0.2) is 5.54 Å². The molecule has 1 aliphatic heterocycles. The minimum absolute atomic E-state index is 0.0658. The zero-order valence-electron chi connectivity index (χ0n) is 23.3. The van der Waals surface area contributed by atoms with Crippen LogP contribution in [-0.4, -0.2) is 55.4 Å². The van der Waals surface area contributed by atoms with Gasteiger partial charge in [0.1, 0.15) is 17.6 Å². The van der Waals surface area contributed by atoms with Gasteiger partial charge < -0.3 is 24.6 Å². The average molecular weight is 558 g/mol. The number of hydrogen-bond acceptors (Lipinski definition) is 7. The smallest absolute Gasteiger partial charge is 0.252 e. The van der Waals surface area contributed by atoms with Gasteiger partial charge in [-0.05, 0) is 72.0 Å². The van der Waals surface area contributed by atoms with Crippen LogP contribution in [0.25, 0.3) is 10.4 Å². The van der Waals surface area contributed by atoms with Crippen molar-refractivity contribution in [2.75, 3.05) is 26.9 Å². The van der Waals surface area contributed by atoms with E-state index in [2.05, 4.69) is 15.3 Å². The van der Waals surface area contributed by atoms with Gasteiger partial charge in [-0.3, -0.25) is 4.79 Å². The van der Waals surface area contributed by atoms with E-state index in [4.69, 9.17) is 29.8 Å². The zero-order valence-corrected chi connectivity index (χ0v) is 23.3. The van der Waals surface area contributed by atoms with Gasteiger partial charge in [-0.2, -0.15) is 0 Å². The van der Waals surface area contributed by atoms with Gasteiger partial charge in [0.25, 0.3) is 5.91 Å². The van der Waals surface area contributed by atoms with E-state index in [9.17, 15) is 4.79 Å². The van der Waals surface area contributed by atoms with E-state index in [1.54, 1.807) is 7.11 Å². The number of amides is 1. The minimum atomic E-state index is -1.24. The fourth-order valence-electron chi connectivity index (χ4n) is 4.73. The van der Waals surface area contributed by atoms with Crippen LogP contribution in [-0.2, 0) is 28.9 Å². The maximum absolute atomic E-state index is 14.0. The predicted molar refractivity (Wildman–Crippen MR) is 156 cm³/mol. The number of azide groups is 1. The summed E-state index contributed by atoms with van der Waals surface area (Å²) >= 11 is 0. The number of methoxy groups -OCH3 is 1. The van der Waals surface area contributed by atoms with E-state index in [0.717, 1.165) is 28.0 Å². The number of carbonyl (C=O) groups excluding carboxylic acids is 1. The molecule has 0 aromatic heterocycles. The Morgan fingerprint density at radius 2 is 1.90 bits per heavy atom. The highest BCUT2D eigenvalue weighted by atomic mass is 16.5. The van der Waals surface area contributed by atoms with E-state index in [1.165, 1.54) is 0 Å². The summed E-state index contributed by atoms with van der Waals surface area (Å²) in [6.07, 6.45) is 0.867. The topological polar surface area (TPSA) is 138 Å². The van der Waals surface area contributed by atoms with Crippen LogP contribution in [0.2, 0.25) is 0 Å². The molecule has 0 saturated carbocycles. The largest absolute Gasteiger partial charge is 0.497 e. The van der Waals surface area contributed by atoms with Crippen molar-refractivity contribution in [2.45, 2.75) is 44.4 Å². The van der Waals surface area contributed by atoms with Gasteiger partial charge in [0.2, 0.25) is 5.90 Å². The van der Waals surface area contributed by atoms with E-state index in [0.29, 0.717) is 37.6 Å². The van der Waals surface area contributed by atoms with Gasteiger partial charge in [-0.15, -0.1) is 0 Å². The molecule has 10 nitrogen and oxygen atoms in total. The van der Waals surface area contributed by atoms with Gasteiger partial charge in [0, 0.05) is 36.5 Å². The first kappa shape index (κ1) is 29.5. The molecule has 0 aliphatic carbocycles. The first-order valence-corrected chi connectivity index (χ1v) is 13.6. The molecule has 2 atom stereocenters. The molecule has 41 heavy (non-hydrogen) atoms. The lowest BCUT2D eigenvalue weighted by Gasteiger charge is -2.29. The van der Waals surface area contributed by atoms with Crippen LogP contribution in [0.1, 0.15) is 35.6 Å². The molecule has 1 aliphatic rings. The molecule has 1 amide bonds. The number of aliphatic hydroxyl groups is 1. The molecule has 0 spiro atoms. The fraction of sp³-hybridized carbons (Fsp3) is 0.355. The Labute approximate surface area is 239 Å². The van der Waals surface area contributed by atoms with Crippen LogP contribution in [0.15, 0.2) is 82.9 Å². The summed E-state index contributed by atoms with van der Waals surface area (Å²) in [5.74, 6) is 1.56. The molecule has 4 rings (SSSR count). The minimum Gasteiger partial charge on any atom is -0.497 e. The van der Waals surface area contributed by atoms with Gasteiger partial charge in [0.05, 0.1) is 20.3 Å². The van der Waals surface area contributed by atoms with Crippen LogP contribution < -0.4 is 14.8 Å². The van der Waals surface area contributed by atoms with Gasteiger partial charge in [-0.25, -0.2) is 4.99 Å². The number of nitrogens with one attached hydrogen (secondary N) is 1. The lowest BCUT2D eigenvalue weighted by Crippen LogP contribution is -2.53. The Kier molecular flexibility index (Phi) is 10.2. The highest BCUT2D eigenvalue weighted by Gasteiger charge is 2.50. The van der Waals surface area contributed by atoms with Gasteiger partial charge >= 0.3 is 0 Å². The number of benzene rings is 3. The van der Waals surface area contributed by atoms with Crippen molar-refractivity contribution in [3.8, 4) is 11.5 Å². The van der Waals surface area contributed by atoms with Gasteiger partial charge in [-0.1, -0.05) is 41.5 Å². The number of hydrogen-bond donors (Lipinski definition) is 2. The monoisotopic (exact) mass is 557 g/mol.